The lowest BCUT2D eigenvalue weighted by atomic mass is 10.3. The lowest BCUT2D eigenvalue weighted by Crippen LogP contribution is -2.12. The van der Waals surface area contributed by atoms with E-state index in [0.29, 0.717) is 24.8 Å². The van der Waals surface area contributed by atoms with Crippen LogP contribution in [0.4, 0.5) is 17.3 Å². The molecule has 0 unspecified atom stereocenters. The molecule has 1 aromatic heterocycles. The van der Waals surface area contributed by atoms with Crippen molar-refractivity contribution in [2.75, 3.05) is 36.9 Å². The first-order valence-corrected chi connectivity index (χ1v) is 7.41. The number of nitrogens with one attached hydrogen (secondary N) is 2. The van der Waals surface area contributed by atoms with Gasteiger partial charge in [0.2, 0.25) is 0 Å². The minimum atomic E-state index is -0.409. The molecule has 0 spiro atoms. The van der Waals surface area contributed by atoms with Gasteiger partial charge in [0.1, 0.15) is 11.6 Å². The highest BCUT2D eigenvalue weighted by Gasteiger charge is 2.20. The summed E-state index contributed by atoms with van der Waals surface area (Å²) in [6.45, 7) is 4.75. The highest BCUT2D eigenvalue weighted by atomic mass is 16.6. The van der Waals surface area contributed by atoms with Gasteiger partial charge in [-0.3, -0.25) is 10.1 Å². The van der Waals surface area contributed by atoms with Crippen molar-refractivity contribution in [3.63, 3.8) is 0 Å². The summed E-state index contributed by atoms with van der Waals surface area (Å²) in [4.78, 5) is 14.8. The van der Waals surface area contributed by atoms with Crippen molar-refractivity contribution in [3.8, 4) is 0 Å². The van der Waals surface area contributed by atoms with E-state index >= 15 is 0 Å². The highest BCUT2D eigenvalue weighted by molar-refractivity contribution is 5.54. The molecule has 7 nitrogen and oxygen atoms in total. The molecule has 1 aliphatic rings. The normalized spacial score (nSPS) is 14.0. The molecule has 116 valence electrons. The summed E-state index contributed by atoms with van der Waals surface area (Å²) in [6, 6.07) is 2.89. The fourth-order valence-corrected chi connectivity index (χ4v) is 1.84. The molecule has 2 rings (SSSR count). The molecule has 0 aromatic carbocycles. The molecule has 0 amide bonds. The number of rotatable bonds is 10. The van der Waals surface area contributed by atoms with Crippen LogP contribution in [0.3, 0.4) is 0 Å². The fraction of sp³-hybridized carbons (Fsp3) is 0.643. The van der Waals surface area contributed by atoms with E-state index in [1.54, 1.807) is 0 Å². The summed E-state index contributed by atoms with van der Waals surface area (Å²) in [7, 11) is 0. The van der Waals surface area contributed by atoms with Gasteiger partial charge >= 0.3 is 0 Å². The largest absolute Gasteiger partial charge is 0.379 e. The van der Waals surface area contributed by atoms with Crippen molar-refractivity contribution < 1.29 is 9.66 Å². The van der Waals surface area contributed by atoms with Crippen LogP contribution >= 0.6 is 0 Å². The van der Waals surface area contributed by atoms with Crippen LogP contribution in [0, 0.1) is 16.0 Å². The number of pyridine rings is 1. The average molecular weight is 294 g/mol. The molecule has 0 radical (unpaired) electrons. The first-order chi connectivity index (χ1) is 10.2. The number of ether oxygens (including phenoxy) is 1. The van der Waals surface area contributed by atoms with E-state index in [1.165, 1.54) is 25.0 Å². The molecule has 1 heterocycles. The van der Waals surface area contributed by atoms with Crippen LogP contribution in [0.25, 0.3) is 0 Å². The van der Waals surface area contributed by atoms with Crippen molar-refractivity contribution in [2.24, 2.45) is 5.92 Å². The Hall–Kier alpha value is -1.89. The monoisotopic (exact) mass is 294 g/mol. The average Bonchev–Trinajstić information content (AvgIpc) is 3.28. The quantitative estimate of drug-likeness (QED) is 0.392. The summed E-state index contributed by atoms with van der Waals surface area (Å²) in [5, 5.41) is 17.1. The number of nitro groups is 1. The molecule has 0 aliphatic heterocycles. The molecular weight excluding hydrogens is 272 g/mol. The van der Waals surface area contributed by atoms with Gasteiger partial charge in [-0.05, 0) is 25.2 Å². The van der Waals surface area contributed by atoms with Crippen molar-refractivity contribution in [2.45, 2.75) is 26.2 Å². The second-order valence-electron chi connectivity index (χ2n) is 5.22. The van der Waals surface area contributed by atoms with Crippen molar-refractivity contribution >= 4 is 17.3 Å². The van der Waals surface area contributed by atoms with Gasteiger partial charge in [0, 0.05) is 19.7 Å². The maximum Gasteiger partial charge on any atom is 0.276 e. The zero-order valence-corrected chi connectivity index (χ0v) is 12.3. The van der Waals surface area contributed by atoms with E-state index in [0.717, 1.165) is 25.5 Å². The van der Waals surface area contributed by atoms with E-state index in [9.17, 15) is 10.1 Å². The molecule has 0 saturated heterocycles. The van der Waals surface area contributed by atoms with Gasteiger partial charge in [-0.15, -0.1) is 0 Å². The predicted octanol–water partition coefficient (Wildman–Crippen LogP) is 2.65. The van der Waals surface area contributed by atoms with Gasteiger partial charge in [0.25, 0.3) is 5.69 Å². The third kappa shape index (κ3) is 5.55. The summed E-state index contributed by atoms with van der Waals surface area (Å²) in [6.07, 6.45) is 3.47. The Morgan fingerprint density at radius 2 is 2.00 bits per heavy atom. The summed E-state index contributed by atoms with van der Waals surface area (Å²) < 4.78 is 5.51. The van der Waals surface area contributed by atoms with E-state index < -0.39 is 4.92 Å². The van der Waals surface area contributed by atoms with Crippen LogP contribution in [-0.4, -0.2) is 36.2 Å². The minimum absolute atomic E-state index is 0.0324. The van der Waals surface area contributed by atoms with Crippen LogP contribution in [0.15, 0.2) is 12.1 Å². The lowest BCUT2D eigenvalue weighted by molar-refractivity contribution is -0.384. The maximum atomic E-state index is 10.9. The van der Waals surface area contributed by atoms with E-state index in [1.807, 2.05) is 6.92 Å². The second-order valence-corrected chi connectivity index (χ2v) is 5.22. The van der Waals surface area contributed by atoms with Crippen LogP contribution in [0.2, 0.25) is 0 Å². The maximum absolute atomic E-state index is 10.9. The van der Waals surface area contributed by atoms with Gasteiger partial charge in [-0.1, -0.05) is 6.92 Å². The molecule has 2 N–H and O–H groups in total. The Bertz CT molecular complexity index is 477. The van der Waals surface area contributed by atoms with E-state index in [2.05, 4.69) is 15.6 Å². The van der Waals surface area contributed by atoms with Gasteiger partial charge in [-0.25, -0.2) is 4.98 Å². The zero-order valence-electron chi connectivity index (χ0n) is 12.3. The van der Waals surface area contributed by atoms with Crippen LogP contribution in [0.1, 0.15) is 26.2 Å². The molecule has 1 aliphatic carbocycles. The number of hydrogen-bond donors (Lipinski definition) is 2. The van der Waals surface area contributed by atoms with Gasteiger partial charge < -0.3 is 15.4 Å². The van der Waals surface area contributed by atoms with Crippen LogP contribution in [0.5, 0.6) is 0 Å². The van der Waals surface area contributed by atoms with Gasteiger partial charge in [0.05, 0.1) is 23.7 Å². The van der Waals surface area contributed by atoms with Crippen molar-refractivity contribution in [3.05, 3.63) is 22.2 Å². The number of hydrogen-bond acceptors (Lipinski definition) is 6. The van der Waals surface area contributed by atoms with Crippen molar-refractivity contribution in [1.82, 2.24) is 4.98 Å². The zero-order chi connectivity index (χ0) is 15.1. The van der Waals surface area contributed by atoms with Gasteiger partial charge in [-0.2, -0.15) is 0 Å². The first kappa shape index (κ1) is 15.5. The Morgan fingerprint density at radius 3 is 2.57 bits per heavy atom. The third-order valence-electron chi connectivity index (χ3n) is 3.18. The summed E-state index contributed by atoms with van der Waals surface area (Å²) in [5.41, 5.74) is 0.0324. The third-order valence-corrected chi connectivity index (χ3v) is 3.18. The standard InChI is InChI=1S/C14H22N4O3/c1-2-5-15-13-8-12(18(19)20)9-14(17-13)16-6-7-21-10-11-3-4-11/h8-9,11H,2-7,10H2,1H3,(H2,15,16,17). The Labute approximate surface area is 124 Å². The molecule has 0 bridgehead atoms. The van der Waals surface area contributed by atoms with E-state index in [-0.39, 0.29) is 5.69 Å². The predicted molar refractivity (Wildman–Crippen MR) is 81.7 cm³/mol. The molecule has 0 atom stereocenters. The Kier molecular flexibility index (Phi) is 5.74. The molecule has 21 heavy (non-hydrogen) atoms. The molecule has 1 saturated carbocycles. The molecule has 1 aromatic rings. The topological polar surface area (TPSA) is 89.3 Å². The Balaban J connectivity index is 1.86. The molecular formula is C14H22N4O3. The Morgan fingerprint density at radius 1 is 1.33 bits per heavy atom. The summed E-state index contributed by atoms with van der Waals surface area (Å²) in [5.74, 6) is 1.76. The van der Waals surface area contributed by atoms with E-state index in [4.69, 9.17) is 4.74 Å². The second kappa shape index (κ2) is 7.78. The van der Waals surface area contributed by atoms with Crippen LogP contribution < -0.4 is 10.6 Å². The van der Waals surface area contributed by atoms with Gasteiger partial charge in [0.15, 0.2) is 0 Å². The lowest BCUT2D eigenvalue weighted by Gasteiger charge is -2.09. The molecule has 7 heteroatoms. The highest BCUT2D eigenvalue weighted by Crippen LogP contribution is 2.28. The fourth-order valence-electron chi connectivity index (χ4n) is 1.84. The minimum Gasteiger partial charge on any atom is -0.379 e. The number of aromatic nitrogens is 1. The first-order valence-electron chi connectivity index (χ1n) is 7.41. The molecule has 1 fully saturated rings. The number of anilines is 2. The smallest absolute Gasteiger partial charge is 0.276 e. The van der Waals surface area contributed by atoms with Crippen LogP contribution in [-0.2, 0) is 4.74 Å². The summed E-state index contributed by atoms with van der Waals surface area (Å²) >= 11 is 0. The van der Waals surface area contributed by atoms with Crippen molar-refractivity contribution in [1.29, 1.82) is 0 Å². The number of nitrogens with zero attached hydrogens (tertiary/aromatic N) is 2. The SMILES string of the molecule is CCCNc1cc([N+](=O)[O-])cc(NCCOCC2CC2)n1.